The molecule has 0 aliphatic rings. The second kappa shape index (κ2) is 6.41. The van der Waals surface area contributed by atoms with Crippen LogP contribution in [0.15, 0.2) is 28.9 Å². The largest absolute Gasteiger partial charge is 0.467 e. The number of carbonyl (C=O) groups is 2. The lowest BCUT2D eigenvalue weighted by Crippen LogP contribution is -2.44. The van der Waals surface area contributed by atoms with Gasteiger partial charge >= 0.3 is 5.97 Å². The number of rotatable bonds is 5. The Morgan fingerprint density at radius 2 is 2.19 bits per heavy atom. The molecule has 0 spiro atoms. The van der Waals surface area contributed by atoms with E-state index in [-0.39, 0.29) is 12.3 Å². The number of amides is 1. The van der Waals surface area contributed by atoms with Crippen LogP contribution < -0.4 is 5.32 Å². The molecule has 2 aromatic rings. The summed E-state index contributed by atoms with van der Waals surface area (Å²) in [6.45, 7) is 1.44. The first-order valence-corrected chi connectivity index (χ1v) is 6.50. The summed E-state index contributed by atoms with van der Waals surface area (Å²) in [5, 5.41) is 12.4. The third-order valence-electron chi connectivity index (χ3n) is 3.17. The number of aliphatic hydroxyl groups is 1. The van der Waals surface area contributed by atoms with E-state index in [1.54, 1.807) is 0 Å². The maximum atomic E-state index is 11.9. The van der Waals surface area contributed by atoms with E-state index in [2.05, 4.69) is 10.1 Å². The van der Waals surface area contributed by atoms with E-state index in [1.807, 2.05) is 25.1 Å². The average molecular weight is 291 g/mol. The number of esters is 1. The highest BCUT2D eigenvalue weighted by molar-refractivity contribution is 5.90. The average Bonchev–Trinajstić information content (AvgIpc) is 2.86. The molecule has 0 saturated heterocycles. The molecule has 0 bridgehead atoms. The molecule has 0 aliphatic heterocycles. The van der Waals surface area contributed by atoms with E-state index < -0.39 is 18.6 Å². The van der Waals surface area contributed by atoms with Crippen molar-refractivity contribution in [2.75, 3.05) is 13.7 Å². The Bertz CT molecular complexity index is 661. The first-order chi connectivity index (χ1) is 10.0. The predicted octanol–water partition coefficient (Wildman–Crippen LogP) is 0.934. The number of hydrogen-bond acceptors (Lipinski definition) is 5. The Hall–Kier alpha value is -2.34. The highest BCUT2D eigenvalue weighted by Crippen LogP contribution is 2.22. The maximum Gasteiger partial charge on any atom is 0.330 e. The molecule has 2 rings (SSSR count). The zero-order valence-electron chi connectivity index (χ0n) is 11.9. The lowest BCUT2D eigenvalue weighted by atomic mass is 10.1. The Balaban J connectivity index is 2.09. The van der Waals surface area contributed by atoms with Crippen molar-refractivity contribution in [3.8, 4) is 0 Å². The molecule has 1 heterocycles. The Morgan fingerprint density at radius 3 is 2.86 bits per heavy atom. The van der Waals surface area contributed by atoms with Gasteiger partial charge in [-0.25, -0.2) is 4.79 Å². The van der Waals surface area contributed by atoms with Crippen molar-refractivity contribution in [3.63, 3.8) is 0 Å². The summed E-state index contributed by atoms with van der Waals surface area (Å²) in [5.41, 5.74) is 2.51. The molecule has 112 valence electrons. The summed E-state index contributed by atoms with van der Waals surface area (Å²) < 4.78 is 9.90. The summed E-state index contributed by atoms with van der Waals surface area (Å²) in [5.74, 6) is -1.07. The quantitative estimate of drug-likeness (QED) is 0.800. The fourth-order valence-corrected chi connectivity index (χ4v) is 2.07. The summed E-state index contributed by atoms with van der Waals surface area (Å²) in [6, 6.07) is 4.66. The van der Waals surface area contributed by atoms with Crippen molar-refractivity contribution in [2.24, 2.45) is 0 Å². The number of aryl methyl sites for hydroxylation is 1. The Kier molecular flexibility index (Phi) is 4.59. The van der Waals surface area contributed by atoms with E-state index in [0.717, 1.165) is 16.5 Å². The van der Waals surface area contributed by atoms with Crippen LogP contribution in [0, 0.1) is 6.92 Å². The minimum atomic E-state index is -1.05. The van der Waals surface area contributed by atoms with Crippen LogP contribution in [-0.4, -0.2) is 36.7 Å². The number of hydrogen-bond donors (Lipinski definition) is 2. The van der Waals surface area contributed by atoms with E-state index in [0.29, 0.717) is 5.58 Å². The molecule has 21 heavy (non-hydrogen) atoms. The van der Waals surface area contributed by atoms with Crippen LogP contribution in [0.4, 0.5) is 0 Å². The maximum absolute atomic E-state index is 11.9. The van der Waals surface area contributed by atoms with Crippen LogP contribution in [-0.2, 0) is 20.7 Å². The summed E-state index contributed by atoms with van der Waals surface area (Å²) in [4.78, 5) is 23.3. The second-order valence-corrected chi connectivity index (χ2v) is 4.76. The highest BCUT2D eigenvalue weighted by Gasteiger charge is 2.21. The van der Waals surface area contributed by atoms with Gasteiger partial charge in [-0.3, -0.25) is 4.79 Å². The lowest BCUT2D eigenvalue weighted by molar-refractivity contribution is -0.146. The highest BCUT2D eigenvalue weighted by atomic mass is 16.5. The molecular weight excluding hydrogens is 274 g/mol. The number of methoxy groups -OCH3 is 1. The minimum absolute atomic E-state index is 0.0591. The van der Waals surface area contributed by atoms with E-state index >= 15 is 0 Å². The van der Waals surface area contributed by atoms with E-state index in [4.69, 9.17) is 9.52 Å². The molecule has 0 radical (unpaired) electrons. The fourth-order valence-electron chi connectivity index (χ4n) is 2.07. The van der Waals surface area contributed by atoms with Crippen molar-refractivity contribution in [1.29, 1.82) is 0 Å². The molecular formula is C15H17NO5. The summed E-state index contributed by atoms with van der Waals surface area (Å²) in [7, 11) is 1.20. The van der Waals surface area contributed by atoms with Crippen LogP contribution in [0.2, 0.25) is 0 Å². The van der Waals surface area contributed by atoms with E-state index in [1.165, 1.54) is 13.4 Å². The van der Waals surface area contributed by atoms with Crippen molar-refractivity contribution in [1.82, 2.24) is 5.32 Å². The van der Waals surface area contributed by atoms with Crippen molar-refractivity contribution < 1.29 is 23.8 Å². The number of carbonyl (C=O) groups excluding carboxylic acids is 2. The third kappa shape index (κ3) is 3.41. The van der Waals surface area contributed by atoms with Crippen LogP contribution in [0.25, 0.3) is 11.0 Å². The molecule has 6 nitrogen and oxygen atoms in total. The van der Waals surface area contributed by atoms with Gasteiger partial charge in [-0.2, -0.15) is 0 Å². The Morgan fingerprint density at radius 1 is 1.43 bits per heavy atom. The third-order valence-corrected chi connectivity index (χ3v) is 3.17. The van der Waals surface area contributed by atoms with Crippen LogP contribution in [0.1, 0.15) is 11.1 Å². The van der Waals surface area contributed by atoms with Gasteiger partial charge in [0.1, 0.15) is 5.58 Å². The SMILES string of the molecule is COC(=O)C(CO)NC(=O)Cc1coc2cc(C)ccc12. The normalized spacial score (nSPS) is 12.1. The molecule has 2 N–H and O–H groups in total. The standard InChI is InChI=1S/C15H17NO5/c1-9-3-4-11-10(8-21-13(11)5-9)6-14(18)16-12(7-17)15(19)20-2/h3-5,8,12,17H,6-7H2,1-2H3,(H,16,18). The zero-order chi connectivity index (χ0) is 15.4. The number of fused-ring (bicyclic) bond motifs is 1. The zero-order valence-corrected chi connectivity index (χ0v) is 11.9. The van der Waals surface area contributed by atoms with Gasteiger partial charge < -0.3 is 19.6 Å². The number of aliphatic hydroxyl groups excluding tert-OH is 1. The van der Waals surface area contributed by atoms with Gasteiger partial charge in [-0.05, 0) is 18.6 Å². The molecule has 6 heteroatoms. The molecule has 1 unspecified atom stereocenters. The number of nitrogens with one attached hydrogen (secondary N) is 1. The first-order valence-electron chi connectivity index (χ1n) is 6.50. The van der Waals surface area contributed by atoms with Crippen LogP contribution >= 0.6 is 0 Å². The van der Waals surface area contributed by atoms with Gasteiger partial charge in [-0.15, -0.1) is 0 Å². The molecule has 0 aliphatic carbocycles. The second-order valence-electron chi connectivity index (χ2n) is 4.76. The fraction of sp³-hybridized carbons (Fsp3) is 0.333. The van der Waals surface area contributed by atoms with Gasteiger partial charge in [0.15, 0.2) is 6.04 Å². The Labute approximate surface area is 121 Å². The monoisotopic (exact) mass is 291 g/mol. The van der Waals surface area contributed by atoms with Crippen LogP contribution in [0.3, 0.4) is 0 Å². The smallest absolute Gasteiger partial charge is 0.330 e. The topological polar surface area (TPSA) is 88.8 Å². The predicted molar refractivity (Wildman–Crippen MR) is 75.7 cm³/mol. The summed E-state index contributed by atoms with van der Waals surface area (Å²) in [6.07, 6.45) is 1.58. The van der Waals surface area contributed by atoms with Crippen LogP contribution in [0.5, 0.6) is 0 Å². The molecule has 1 amide bonds. The number of furan rings is 1. The molecule has 0 saturated carbocycles. The first kappa shape index (κ1) is 15.1. The van der Waals surface area contributed by atoms with Gasteiger partial charge in [0.05, 0.1) is 26.4 Å². The molecule has 1 aromatic heterocycles. The number of ether oxygens (including phenoxy) is 1. The van der Waals surface area contributed by atoms with Crippen molar-refractivity contribution >= 4 is 22.8 Å². The minimum Gasteiger partial charge on any atom is -0.467 e. The molecule has 1 aromatic carbocycles. The van der Waals surface area contributed by atoms with Gasteiger partial charge in [0.2, 0.25) is 5.91 Å². The number of benzene rings is 1. The van der Waals surface area contributed by atoms with E-state index in [9.17, 15) is 9.59 Å². The van der Waals surface area contributed by atoms with Gasteiger partial charge in [0.25, 0.3) is 0 Å². The van der Waals surface area contributed by atoms with Gasteiger partial charge in [0, 0.05) is 10.9 Å². The lowest BCUT2D eigenvalue weighted by Gasteiger charge is -2.13. The summed E-state index contributed by atoms with van der Waals surface area (Å²) >= 11 is 0. The van der Waals surface area contributed by atoms with Crippen molar-refractivity contribution in [2.45, 2.75) is 19.4 Å². The molecule has 1 atom stereocenters. The van der Waals surface area contributed by atoms with Crippen molar-refractivity contribution in [3.05, 3.63) is 35.6 Å². The molecule has 0 fully saturated rings. The van der Waals surface area contributed by atoms with Gasteiger partial charge in [-0.1, -0.05) is 12.1 Å².